The maximum absolute atomic E-state index is 10.6. The van der Waals surface area contributed by atoms with Crippen LogP contribution in [0.2, 0.25) is 0 Å². The molecule has 0 amide bonds. The minimum atomic E-state index is -0.410. The van der Waals surface area contributed by atoms with Crippen LogP contribution in [0.3, 0.4) is 0 Å². The van der Waals surface area contributed by atoms with Gasteiger partial charge in [0.05, 0.1) is 24.6 Å². The molecule has 120 valence electrons. The highest BCUT2D eigenvalue weighted by Gasteiger charge is 2.21. The molecule has 0 saturated carbocycles. The monoisotopic (exact) mass is 323 g/mol. The van der Waals surface area contributed by atoms with Crippen LogP contribution in [-0.4, -0.2) is 35.7 Å². The van der Waals surface area contributed by atoms with Gasteiger partial charge in [0.25, 0.3) is 5.69 Å². The molecule has 1 aliphatic rings. The van der Waals surface area contributed by atoms with Crippen LogP contribution in [0.4, 0.5) is 11.4 Å². The zero-order valence-electron chi connectivity index (χ0n) is 12.8. The van der Waals surface area contributed by atoms with Gasteiger partial charge in [0.15, 0.2) is 5.11 Å². The van der Waals surface area contributed by atoms with Gasteiger partial charge in [-0.1, -0.05) is 6.92 Å². The van der Waals surface area contributed by atoms with Crippen molar-refractivity contribution in [3.63, 3.8) is 0 Å². The fourth-order valence-electron chi connectivity index (χ4n) is 2.79. The Bertz CT molecular complexity index is 513. The SMILES string of the molecule is CCC[NH+]1CCC(NC(=S)Nc2ccc([N+](=O)[O-])cc2)CC1. The number of nitro groups is 1. The summed E-state index contributed by atoms with van der Waals surface area (Å²) in [6.07, 6.45) is 3.47. The number of nitrogens with zero attached hydrogens (tertiary/aromatic N) is 1. The van der Waals surface area contributed by atoms with E-state index >= 15 is 0 Å². The molecular formula is C15H23N4O2S+. The van der Waals surface area contributed by atoms with E-state index in [1.807, 2.05) is 0 Å². The van der Waals surface area contributed by atoms with Crippen LogP contribution in [0, 0.1) is 10.1 Å². The number of rotatable bonds is 5. The number of benzene rings is 1. The number of piperidine rings is 1. The molecule has 0 aromatic heterocycles. The van der Waals surface area contributed by atoms with E-state index in [4.69, 9.17) is 12.2 Å². The Hall–Kier alpha value is -1.73. The van der Waals surface area contributed by atoms with Crippen molar-refractivity contribution in [2.45, 2.75) is 32.2 Å². The van der Waals surface area contributed by atoms with Gasteiger partial charge in [0.2, 0.25) is 0 Å². The van der Waals surface area contributed by atoms with E-state index in [0.717, 1.165) is 18.5 Å². The summed E-state index contributed by atoms with van der Waals surface area (Å²) in [4.78, 5) is 11.9. The minimum absolute atomic E-state index is 0.0794. The van der Waals surface area contributed by atoms with Crippen LogP contribution in [-0.2, 0) is 0 Å². The Morgan fingerprint density at radius 1 is 1.36 bits per heavy atom. The van der Waals surface area contributed by atoms with E-state index in [1.165, 1.54) is 38.2 Å². The highest BCUT2D eigenvalue weighted by Crippen LogP contribution is 2.15. The van der Waals surface area contributed by atoms with Crippen molar-refractivity contribution < 1.29 is 9.82 Å². The van der Waals surface area contributed by atoms with Gasteiger partial charge in [-0.2, -0.15) is 0 Å². The molecule has 1 fully saturated rings. The average Bonchev–Trinajstić information content (AvgIpc) is 2.50. The van der Waals surface area contributed by atoms with Crippen molar-refractivity contribution in [1.29, 1.82) is 0 Å². The van der Waals surface area contributed by atoms with Crippen molar-refractivity contribution in [2.24, 2.45) is 0 Å². The molecule has 1 aromatic rings. The van der Waals surface area contributed by atoms with E-state index in [9.17, 15) is 10.1 Å². The van der Waals surface area contributed by atoms with Crippen LogP contribution >= 0.6 is 12.2 Å². The molecule has 0 bridgehead atoms. The van der Waals surface area contributed by atoms with Crippen LogP contribution in [0.5, 0.6) is 0 Å². The Labute approximate surface area is 136 Å². The number of thiocarbonyl (C=S) groups is 1. The number of non-ortho nitro benzene ring substituents is 1. The molecule has 7 heteroatoms. The summed E-state index contributed by atoms with van der Waals surface area (Å²) in [7, 11) is 0. The first-order valence-electron chi connectivity index (χ1n) is 7.74. The van der Waals surface area contributed by atoms with Crippen LogP contribution in [0.25, 0.3) is 0 Å². The van der Waals surface area contributed by atoms with E-state index in [0.29, 0.717) is 11.2 Å². The molecule has 1 aliphatic heterocycles. The lowest BCUT2D eigenvalue weighted by atomic mass is 10.1. The van der Waals surface area contributed by atoms with Gasteiger partial charge in [-0.15, -0.1) is 0 Å². The van der Waals surface area contributed by atoms with Crippen molar-refractivity contribution in [2.75, 3.05) is 25.0 Å². The summed E-state index contributed by atoms with van der Waals surface area (Å²) in [6, 6.07) is 6.69. The maximum Gasteiger partial charge on any atom is 0.269 e. The molecule has 1 heterocycles. The zero-order chi connectivity index (χ0) is 15.9. The number of anilines is 1. The molecular weight excluding hydrogens is 300 g/mol. The predicted octanol–water partition coefficient (Wildman–Crippen LogP) is 1.34. The number of quaternary nitrogens is 1. The second-order valence-corrected chi connectivity index (χ2v) is 6.08. The summed E-state index contributed by atoms with van der Waals surface area (Å²) in [5.74, 6) is 0. The molecule has 0 unspecified atom stereocenters. The van der Waals surface area contributed by atoms with Gasteiger partial charge in [0, 0.05) is 36.7 Å². The highest BCUT2D eigenvalue weighted by atomic mass is 32.1. The van der Waals surface area contributed by atoms with Crippen molar-refractivity contribution in [3.8, 4) is 0 Å². The second-order valence-electron chi connectivity index (χ2n) is 5.68. The third-order valence-corrected chi connectivity index (χ3v) is 4.19. The smallest absolute Gasteiger partial charge is 0.269 e. The van der Waals surface area contributed by atoms with Gasteiger partial charge in [0.1, 0.15) is 0 Å². The number of hydrogen-bond acceptors (Lipinski definition) is 3. The first-order valence-corrected chi connectivity index (χ1v) is 8.15. The number of nitrogens with one attached hydrogen (secondary N) is 3. The van der Waals surface area contributed by atoms with Crippen molar-refractivity contribution in [3.05, 3.63) is 34.4 Å². The second kappa shape index (κ2) is 8.05. The summed E-state index contributed by atoms with van der Waals surface area (Å²) >= 11 is 5.32. The van der Waals surface area contributed by atoms with Crippen molar-refractivity contribution in [1.82, 2.24) is 5.32 Å². The van der Waals surface area contributed by atoms with Gasteiger partial charge in [-0.25, -0.2) is 0 Å². The van der Waals surface area contributed by atoms with Crippen LogP contribution in [0.15, 0.2) is 24.3 Å². The van der Waals surface area contributed by atoms with E-state index in [-0.39, 0.29) is 5.69 Å². The highest BCUT2D eigenvalue weighted by molar-refractivity contribution is 7.80. The Morgan fingerprint density at radius 2 is 2.00 bits per heavy atom. The Kier molecular flexibility index (Phi) is 6.09. The molecule has 0 atom stereocenters. The van der Waals surface area contributed by atoms with Crippen molar-refractivity contribution >= 4 is 28.7 Å². The van der Waals surface area contributed by atoms with E-state index < -0.39 is 4.92 Å². The molecule has 3 N–H and O–H groups in total. The van der Waals surface area contributed by atoms with Crippen LogP contribution < -0.4 is 15.5 Å². The van der Waals surface area contributed by atoms with E-state index in [1.54, 1.807) is 17.0 Å². The standard InChI is InChI=1S/C15H22N4O2S/c1-2-9-18-10-7-13(8-11-18)17-15(22)16-12-3-5-14(6-4-12)19(20)21/h3-6,13H,2,7-11H2,1H3,(H2,16,17,22)/p+1. The zero-order valence-corrected chi connectivity index (χ0v) is 13.6. The summed E-state index contributed by atoms with van der Waals surface area (Å²) in [5, 5.41) is 17.6. The molecule has 22 heavy (non-hydrogen) atoms. The lowest BCUT2D eigenvalue weighted by Gasteiger charge is -2.30. The van der Waals surface area contributed by atoms with Crippen LogP contribution in [0.1, 0.15) is 26.2 Å². The Balaban J connectivity index is 1.77. The number of likely N-dealkylation sites (tertiary alicyclic amines) is 1. The largest absolute Gasteiger partial charge is 0.359 e. The lowest BCUT2D eigenvalue weighted by molar-refractivity contribution is -0.905. The third kappa shape index (κ3) is 4.92. The molecule has 1 aromatic carbocycles. The topological polar surface area (TPSA) is 71.6 Å². The van der Waals surface area contributed by atoms with E-state index in [2.05, 4.69) is 17.6 Å². The summed E-state index contributed by atoms with van der Waals surface area (Å²) in [6.45, 7) is 5.84. The molecule has 0 spiro atoms. The maximum atomic E-state index is 10.6. The average molecular weight is 323 g/mol. The minimum Gasteiger partial charge on any atom is -0.359 e. The first-order chi connectivity index (χ1) is 10.6. The fraction of sp³-hybridized carbons (Fsp3) is 0.533. The quantitative estimate of drug-likeness (QED) is 0.433. The summed E-state index contributed by atoms with van der Waals surface area (Å²) < 4.78 is 0. The third-order valence-electron chi connectivity index (χ3n) is 3.97. The summed E-state index contributed by atoms with van der Waals surface area (Å²) in [5.41, 5.74) is 0.841. The van der Waals surface area contributed by atoms with Gasteiger partial charge in [-0.3, -0.25) is 10.1 Å². The molecule has 0 aliphatic carbocycles. The fourth-order valence-corrected chi connectivity index (χ4v) is 3.08. The lowest BCUT2D eigenvalue weighted by Crippen LogP contribution is -3.13. The molecule has 6 nitrogen and oxygen atoms in total. The number of hydrogen-bond donors (Lipinski definition) is 3. The van der Waals surface area contributed by atoms with Gasteiger partial charge < -0.3 is 15.5 Å². The first kappa shape index (κ1) is 16.6. The molecule has 0 radical (unpaired) electrons. The predicted molar refractivity (Wildman–Crippen MR) is 91.3 cm³/mol. The van der Waals surface area contributed by atoms with Gasteiger partial charge >= 0.3 is 0 Å². The van der Waals surface area contributed by atoms with Gasteiger partial charge in [-0.05, 0) is 30.8 Å². The number of nitro benzene ring substituents is 1. The Morgan fingerprint density at radius 3 is 2.55 bits per heavy atom. The normalized spacial score (nSPS) is 21.1. The molecule has 1 saturated heterocycles. The molecule has 2 rings (SSSR count).